The van der Waals surface area contributed by atoms with Crippen LogP contribution in [0.3, 0.4) is 0 Å². The van der Waals surface area contributed by atoms with E-state index in [2.05, 4.69) is 25.1 Å². The monoisotopic (exact) mass is 774 g/mol. The maximum Gasteiger partial charge on any atom is 0.453 e. The summed E-state index contributed by atoms with van der Waals surface area (Å²) in [5.74, 6) is -1.19. The fraction of sp³-hybridized carbons (Fsp3) is 0.857. The Bertz CT molecular complexity index is 1270. The second-order valence-corrected chi connectivity index (χ2v) is 18.1. The van der Waals surface area contributed by atoms with Crippen molar-refractivity contribution < 1.29 is 46.0 Å². The summed E-state index contributed by atoms with van der Waals surface area (Å²) >= 11 is 1.47. The van der Waals surface area contributed by atoms with Crippen LogP contribution in [0, 0.1) is 23.2 Å². The van der Waals surface area contributed by atoms with Crippen molar-refractivity contribution in [3.8, 4) is 5.75 Å². The Labute approximate surface area is 318 Å². The normalized spacial score (nSPS) is 33.3. The highest BCUT2D eigenvalue weighted by Crippen LogP contribution is 2.65. The van der Waals surface area contributed by atoms with E-state index in [9.17, 15) is 27.1 Å². The van der Waals surface area contributed by atoms with Gasteiger partial charge in [0.15, 0.2) is 12.6 Å². The fourth-order valence-electron chi connectivity index (χ4n) is 10.4. The third kappa shape index (κ3) is 10.2. The van der Waals surface area contributed by atoms with Crippen molar-refractivity contribution in [3.05, 3.63) is 29.3 Å². The first-order valence-electron chi connectivity index (χ1n) is 20.9. The first-order valence-corrected chi connectivity index (χ1v) is 22.0. The Morgan fingerprint density at radius 2 is 1.47 bits per heavy atom. The summed E-state index contributed by atoms with van der Waals surface area (Å²) in [7, 11) is 0. The summed E-state index contributed by atoms with van der Waals surface area (Å²) in [5, 5.41) is 12.2. The van der Waals surface area contributed by atoms with Crippen LogP contribution in [0.4, 0.5) is 22.0 Å². The van der Waals surface area contributed by atoms with E-state index in [1.165, 1.54) is 17.3 Å². The lowest BCUT2D eigenvalue weighted by molar-refractivity contribution is -0.284. The van der Waals surface area contributed by atoms with E-state index in [0.717, 1.165) is 146 Å². The van der Waals surface area contributed by atoms with Crippen molar-refractivity contribution >= 4 is 11.8 Å². The molecular weight excluding hydrogens is 712 g/mol. The van der Waals surface area contributed by atoms with E-state index in [1.54, 1.807) is 0 Å². The highest BCUT2D eigenvalue weighted by Gasteiger charge is 2.59. The van der Waals surface area contributed by atoms with Gasteiger partial charge in [0.1, 0.15) is 5.75 Å². The molecule has 1 N–H and O–H groups in total. The van der Waals surface area contributed by atoms with Gasteiger partial charge in [0, 0.05) is 19.4 Å². The number of hydrogen-bond acceptors (Lipinski definition) is 6. The van der Waals surface area contributed by atoms with Crippen LogP contribution in [0.5, 0.6) is 5.75 Å². The molecule has 3 unspecified atom stereocenters. The van der Waals surface area contributed by atoms with Crippen LogP contribution in [0.15, 0.2) is 18.2 Å². The molecule has 1 aromatic rings. The molecule has 1 aromatic carbocycles. The van der Waals surface area contributed by atoms with Gasteiger partial charge in [0.2, 0.25) is 0 Å². The van der Waals surface area contributed by atoms with Gasteiger partial charge in [-0.15, -0.1) is 0 Å². The van der Waals surface area contributed by atoms with Gasteiger partial charge < -0.3 is 24.1 Å². The predicted molar refractivity (Wildman–Crippen MR) is 198 cm³/mol. The molecule has 6 rings (SSSR count). The van der Waals surface area contributed by atoms with Crippen LogP contribution >= 0.6 is 11.8 Å². The number of rotatable bonds is 18. The molecule has 0 amide bonds. The number of aliphatic hydroxyl groups excluding tert-OH is 1. The predicted octanol–water partition coefficient (Wildman–Crippen LogP) is 11.9. The summed E-state index contributed by atoms with van der Waals surface area (Å²) in [6.45, 7) is 3.97. The van der Waals surface area contributed by atoms with E-state index >= 15 is 0 Å². The molecule has 0 radical (unpaired) electrons. The molecule has 0 aromatic heterocycles. The molecule has 2 heterocycles. The summed E-state index contributed by atoms with van der Waals surface area (Å²) < 4.78 is 88.0. The molecule has 4 fully saturated rings. The quantitative estimate of drug-likeness (QED) is 0.118. The minimum absolute atomic E-state index is 0.0747. The number of alkyl halides is 5. The third-order valence-corrected chi connectivity index (χ3v) is 14.5. The molecular formula is C42H63F5O5S. The van der Waals surface area contributed by atoms with Gasteiger partial charge in [0.05, 0.1) is 18.8 Å². The van der Waals surface area contributed by atoms with E-state index in [1.807, 2.05) is 0 Å². The van der Waals surface area contributed by atoms with Gasteiger partial charge >= 0.3 is 12.1 Å². The van der Waals surface area contributed by atoms with Gasteiger partial charge in [-0.2, -0.15) is 33.7 Å². The Balaban J connectivity index is 1.01. The van der Waals surface area contributed by atoms with Gasteiger partial charge in [0.25, 0.3) is 0 Å². The second-order valence-electron chi connectivity index (χ2n) is 16.8. The second kappa shape index (κ2) is 18.9. The lowest BCUT2D eigenvalue weighted by Crippen LogP contribution is -2.49. The van der Waals surface area contributed by atoms with E-state index in [4.69, 9.17) is 18.9 Å². The molecule has 0 bridgehead atoms. The van der Waals surface area contributed by atoms with E-state index < -0.39 is 24.6 Å². The minimum atomic E-state index is -5.46. The average Bonchev–Trinajstić information content (AvgIpc) is 3.47. The number of thioether (sulfide) groups is 1. The number of hydrogen-bond donors (Lipinski definition) is 1. The number of halogens is 5. The van der Waals surface area contributed by atoms with Crippen LogP contribution in [-0.4, -0.2) is 60.6 Å². The van der Waals surface area contributed by atoms with Crippen molar-refractivity contribution in [2.45, 2.75) is 178 Å². The van der Waals surface area contributed by atoms with Gasteiger partial charge in [-0.1, -0.05) is 51.5 Å². The maximum absolute atomic E-state index is 13.1. The highest BCUT2D eigenvalue weighted by molar-refractivity contribution is 7.99. The number of benzene rings is 1. The molecule has 2 aliphatic heterocycles. The Kier molecular flexibility index (Phi) is 14.8. The largest absolute Gasteiger partial charge is 0.465 e. The number of unbranched alkanes of at least 4 members (excludes halogenated alkanes) is 6. The zero-order valence-corrected chi connectivity index (χ0v) is 32.5. The van der Waals surface area contributed by atoms with Crippen molar-refractivity contribution in [3.63, 3.8) is 0 Å². The summed E-state index contributed by atoms with van der Waals surface area (Å²) in [6.07, 6.45) is 11.9. The van der Waals surface area contributed by atoms with Crippen molar-refractivity contribution in [2.24, 2.45) is 23.2 Å². The maximum atomic E-state index is 13.1. The number of aliphatic hydroxyl groups is 1. The zero-order valence-electron chi connectivity index (χ0n) is 31.7. The molecule has 9 atom stereocenters. The molecule has 0 spiro atoms. The van der Waals surface area contributed by atoms with E-state index in [0.29, 0.717) is 23.5 Å². The van der Waals surface area contributed by atoms with Crippen molar-refractivity contribution in [2.75, 3.05) is 24.7 Å². The van der Waals surface area contributed by atoms with Gasteiger partial charge in [-0.3, -0.25) is 0 Å². The molecule has 5 aliphatic rings. The van der Waals surface area contributed by atoms with Crippen molar-refractivity contribution in [1.82, 2.24) is 0 Å². The fourth-order valence-corrected chi connectivity index (χ4v) is 11.4. The molecule has 53 heavy (non-hydrogen) atoms. The molecule has 2 saturated heterocycles. The first kappa shape index (κ1) is 41.5. The molecule has 2 saturated carbocycles. The Morgan fingerprint density at radius 3 is 2.17 bits per heavy atom. The summed E-state index contributed by atoms with van der Waals surface area (Å²) in [4.78, 5) is 0. The molecule has 11 heteroatoms. The summed E-state index contributed by atoms with van der Waals surface area (Å²) in [5.41, 5.74) is 2.42. The van der Waals surface area contributed by atoms with Crippen LogP contribution < -0.4 is 4.74 Å². The average molecular weight is 775 g/mol. The lowest BCUT2D eigenvalue weighted by Gasteiger charge is -2.55. The van der Waals surface area contributed by atoms with Crippen LogP contribution in [0.2, 0.25) is 0 Å². The van der Waals surface area contributed by atoms with Crippen LogP contribution in [-0.2, 0) is 14.2 Å². The SMILES string of the molecule is C[C@]12CC[C@@H]3c4ccc(OC5CCCCO5)cc4C(O)[C@@H](CCCCCCCCCSCCCC(F)(F)C(F)(F)F)[C@H]3[C@@H]1CC[C@@H]2OC1CCCCO1. The van der Waals surface area contributed by atoms with Crippen LogP contribution in [0.1, 0.15) is 158 Å². The standard InChI is InChI=1S/C42H63F5O5S/c1-40-23-21-31-30-18-17-29(51-36-15-8-10-24-49-36)28-33(30)39(48)32(38(31)34(40)19-20-35(40)52-37-16-9-11-25-50-37)14-7-5-3-2-4-6-12-26-53-27-13-22-41(43,44)42(45,46)47/h17-18,28,31-32,34-39,48H,2-16,19-27H2,1H3/t31-,32+,34+,35+,36?,37?,38+,39?,40+/m1/s1. The smallest absolute Gasteiger partial charge is 0.453 e. The summed E-state index contributed by atoms with van der Waals surface area (Å²) in [6, 6.07) is 6.43. The Morgan fingerprint density at radius 1 is 0.792 bits per heavy atom. The minimum Gasteiger partial charge on any atom is -0.465 e. The van der Waals surface area contributed by atoms with Crippen molar-refractivity contribution in [1.29, 1.82) is 0 Å². The number of fused-ring (bicyclic) bond motifs is 5. The molecule has 302 valence electrons. The van der Waals surface area contributed by atoms with Gasteiger partial charge in [-0.05, 0) is 141 Å². The van der Waals surface area contributed by atoms with Gasteiger partial charge in [-0.25, -0.2) is 0 Å². The third-order valence-electron chi connectivity index (χ3n) is 13.3. The first-order chi connectivity index (χ1) is 25.5. The molecule has 3 aliphatic carbocycles. The Hall–Kier alpha value is -1.14. The zero-order chi connectivity index (χ0) is 37.5. The lowest BCUT2D eigenvalue weighted by atomic mass is 9.51. The molecule has 5 nitrogen and oxygen atoms in total. The highest BCUT2D eigenvalue weighted by atomic mass is 32.2. The van der Waals surface area contributed by atoms with E-state index in [-0.39, 0.29) is 36.4 Å². The number of ether oxygens (including phenoxy) is 4. The topological polar surface area (TPSA) is 57.2 Å². The van der Waals surface area contributed by atoms with Crippen LogP contribution in [0.25, 0.3) is 0 Å².